The molecule has 0 fully saturated rings. The van der Waals surface area contributed by atoms with Crippen molar-refractivity contribution >= 4 is 11.6 Å². The largest absolute Gasteiger partial charge is 0.385 e. The summed E-state index contributed by atoms with van der Waals surface area (Å²) in [6, 6.07) is 0. The van der Waals surface area contributed by atoms with Gasteiger partial charge in [0.1, 0.15) is 6.10 Å². The minimum Gasteiger partial charge on any atom is -0.385 e. The van der Waals surface area contributed by atoms with Crippen molar-refractivity contribution in [2.75, 3.05) is 5.88 Å². The number of aliphatic hydroxyl groups is 1. The van der Waals surface area contributed by atoms with Gasteiger partial charge in [0.2, 0.25) is 0 Å². The van der Waals surface area contributed by atoms with Crippen LogP contribution >= 0.6 is 11.6 Å². The molecule has 10 heavy (non-hydrogen) atoms. The Hall–Kier alpha value is -0.670. The van der Waals surface area contributed by atoms with E-state index in [0.717, 1.165) is 0 Å². The van der Waals surface area contributed by atoms with Gasteiger partial charge in [0.25, 0.3) is 0 Å². The first-order chi connectivity index (χ1) is 4.84. The van der Waals surface area contributed by atoms with Crippen LogP contribution in [0.15, 0.2) is 18.6 Å². The first-order valence-electron chi connectivity index (χ1n) is 2.84. The molecule has 1 heterocycles. The predicted octanol–water partition coefficient (Wildman–Crippen LogP) is 0.749. The van der Waals surface area contributed by atoms with Gasteiger partial charge in [-0.1, -0.05) is 0 Å². The van der Waals surface area contributed by atoms with Crippen molar-refractivity contribution < 1.29 is 5.11 Å². The number of alkyl halides is 1. The van der Waals surface area contributed by atoms with Crippen molar-refractivity contribution in [3.8, 4) is 0 Å². The van der Waals surface area contributed by atoms with Crippen molar-refractivity contribution in [2.24, 2.45) is 0 Å². The molecule has 0 saturated carbocycles. The van der Waals surface area contributed by atoms with Crippen molar-refractivity contribution in [1.29, 1.82) is 0 Å². The Bertz CT molecular complexity index is 192. The first kappa shape index (κ1) is 7.44. The summed E-state index contributed by atoms with van der Waals surface area (Å²) in [6.45, 7) is 0. The van der Waals surface area contributed by atoms with Crippen LogP contribution in [-0.2, 0) is 0 Å². The fraction of sp³-hybridized carbons (Fsp3) is 0.333. The predicted molar refractivity (Wildman–Crippen MR) is 37.7 cm³/mol. The van der Waals surface area contributed by atoms with E-state index in [1.54, 1.807) is 6.20 Å². The third kappa shape index (κ3) is 1.65. The second kappa shape index (κ2) is 3.49. The van der Waals surface area contributed by atoms with E-state index in [2.05, 4.69) is 9.97 Å². The van der Waals surface area contributed by atoms with Gasteiger partial charge in [0.15, 0.2) is 0 Å². The van der Waals surface area contributed by atoms with Gasteiger partial charge in [-0.05, 0) is 0 Å². The third-order valence-corrected chi connectivity index (χ3v) is 1.36. The fourth-order valence-electron chi connectivity index (χ4n) is 0.562. The zero-order valence-corrected chi connectivity index (χ0v) is 5.99. The highest BCUT2D eigenvalue weighted by atomic mass is 35.5. The van der Waals surface area contributed by atoms with Crippen LogP contribution < -0.4 is 0 Å². The molecule has 54 valence electrons. The molecule has 0 bridgehead atoms. The van der Waals surface area contributed by atoms with E-state index in [1.165, 1.54) is 12.4 Å². The molecule has 1 aromatic rings. The lowest BCUT2D eigenvalue weighted by molar-refractivity contribution is 0.197. The minimum atomic E-state index is -0.699. The van der Waals surface area contributed by atoms with E-state index in [-0.39, 0.29) is 5.88 Å². The smallest absolute Gasteiger partial charge is 0.111 e. The summed E-state index contributed by atoms with van der Waals surface area (Å²) in [7, 11) is 0. The highest BCUT2D eigenvalue weighted by Crippen LogP contribution is 2.07. The molecular weight excluding hydrogens is 152 g/mol. The molecule has 4 heteroatoms. The fourth-order valence-corrected chi connectivity index (χ4v) is 0.720. The zero-order chi connectivity index (χ0) is 7.40. The van der Waals surface area contributed by atoms with Gasteiger partial charge < -0.3 is 5.11 Å². The number of hydrogen-bond acceptors (Lipinski definition) is 3. The van der Waals surface area contributed by atoms with Gasteiger partial charge in [0.05, 0.1) is 17.8 Å². The van der Waals surface area contributed by atoms with E-state index >= 15 is 0 Å². The molecule has 0 saturated heterocycles. The topological polar surface area (TPSA) is 46.0 Å². The average molecular weight is 159 g/mol. The molecule has 1 aromatic heterocycles. The van der Waals surface area contributed by atoms with Crippen LogP contribution in [0.3, 0.4) is 0 Å². The van der Waals surface area contributed by atoms with Crippen LogP contribution in [0.25, 0.3) is 0 Å². The Morgan fingerprint density at radius 3 is 2.90 bits per heavy atom. The van der Waals surface area contributed by atoms with Crippen LogP contribution in [-0.4, -0.2) is 21.0 Å². The van der Waals surface area contributed by atoms with Crippen LogP contribution in [0.2, 0.25) is 0 Å². The molecule has 1 N–H and O–H groups in total. The molecule has 0 aromatic carbocycles. The maximum atomic E-state index is 9.09. The lowest BCUT2D eigenvalue weighted by atomic mass is 10.3. The second-order valence-electron chi connectivity index (χ2n) is 1.80. The summed E-state index contributed by atoms with van der Waals surface area (Å²) < 4.78 is 0. The summed E-state index contributed by atoms with van der Waals surface area (Å²) in [6.07, 6.45) is 3.86. The Balaban J connectivity index is 2.75. The molecule has 1 rings (SSSR count). The van der Waals surface area contributed by atoms with Crippen molar-refractivity contribution in [3.63, 3.8) is 0 Å². The Labute approximate surface area is 63.7 Å². The summed E-state index contributed by atoms with van der Waals surface area (Å²) >= 11 is 5.37. The number of aliphatic hydroxyl groups excluding tert-OH is 1. The summed E-state index contributed by atoms with van der Waals surface area (Å²) in [5.74, 6) is 0.151. The zero-order valence-electron chi connectivity index (χ0n) is 5.24. The Morgan fingerprint density at radius 2 is 2.40 bits per heavy atom. The standard InChI is InChI=1S/C6H7ClN2O/c7-3-6(10)5-4-8-1-2-9-5/h1-2,4,6,10H,3H2/t6-/m1/s1. The number of halogens is 1. The quantitative estimate of drug-likeness (QED) is 0.646. The number of nitrogens with zero attached hydrogens (tertiary/aromatic N) is 2. The van der Waals surface area contributed by atoms with Crippen molar-refractivity contribution in [2.45, 2.75) is 6.10 Å². The van der Waals surface area contributed by atoms with E-state index in [9.17, 15) is 0 Å². The summed E-state index contributed by atoms with van der Waals surface area (Å²) in [5, 5.41) is 9.09. The highest BCUT2D eigenvalue weighted by molar-refractivity contribution is 6.18. The minimum absolute atomic E-state index is 0.151. The molecule has 0 radical (unpaired) electrons. The number of rotatable bonds is 2. The lowest BCUT2D eigenvalue weighted by Crippen LogP contribution is -2.01. The lowest BCUT2D eigenvalue weighted by Gasteiger charge is -2.02. The molecule has 0 aliphatic heterocycles. The van der Waals surface area contributed by atoms with E-state index in [1.807, 2.05) is 0 Å². The molecule has 1 atom stereocenters. The van der Waals surface area contributed by atoms with E-state index in [0.29, 0.717) is 5.69 Å². The average Bonchev–Trinajstić information content (AvgIpc) is 2.05. The Kier molecular flexibility index (Phi) is 2.59. The van der Waals surface area contributed by atoms with E-state index < -0.39 is 6.10 Å². The highest BCUT2D eigenvalue weighted by Gasteiger charge is 2.05. The Morgan fingerprint density at radius 1 is 1.60 bits per heavy atom. The van der Waals surface area contributed by atoms with Crippen LogP contribution in [0.4, 0.5) is 0 Å². The number of hydrogen-bond donors (Lipinski definition) is 1. The van der Waals surface area contributed by atoms with Crippen LogP contribution in [0.1, 0.15) is 11.8 Å². The number of aromatic nitrogens is 2. The van der Waals surface area contributed by atoms with Gasteiger partial charge in [-0.2, -0.15) is 0 Å². The molecular formula is C6H7ClN2O. The third-order valence-electron chi connectivity index (χ3n) is 1.07. The molecule has 3 nitrogen and oxygen atoms in total. The van der Waals surface area contributed by atoms with Gasteiger partial charge in [-0.15, -0.1) is 11.6 Å². The monoisotopic (exact) mass is 158 g/mol. The molecule has 0 unspecified atom stereocenters. The van der Waals surface area contributed by atoms with E-state index in [4.69, 9.17) is 16.7 Å². The van der Waals surface area contributed by atoms with Gasteiger partial charge >= 0.3 is 0 Å². The van der Waals surface area contributed by atoms with Crippen LogP contribution in [0.5, 0.6) is 0 Å². The molecule has 0 aliphatic carbocycles. The van der Waals surface area contributed by atoms with Crippen LogP contribution in [0, 0.1) is 0 Å². The normalized spacial score (nSPS) is 13.0. The van der Waals surface area contributed by atoms with Gasteiger partial charge in [-0.25, -0.2) is 0 Å². The molecule has 0 aliphatic rings. The second-order valence-corrected chi connectivity index (χ2v) is 2.11. The van der Waals surface area contributed by atoms with Gasteiger partial charge in [-0.3, -0.25) is 9.97 Å². The summed E-state index contributed by atoms with van der Waals surface area (Å²) in [4.78, 5) is 7.63. The summed E-state index contributed by atoms with van der Waals surface area (Å²) in [5.41, 5.74) is 0.512. The SMILES string of the molecule is O[C@H](CCl)c1cnccn1. The van der Waals surface area contributed by atoms with Crippen molar-refractivity contribution in [3.05, 3.63) is 24.3 Å². The first-order valence-corrected chi connectivity index (χ1v) is 3.38. The van der Waals surface area contributed by atoms with Gasteiger partial charge in [0, 0.05) is 12.4 Å². The molecule has 0 amide bonds. The van der Waals surface area contributed by atoms with Crippen molar-refractivity contribution in [1.82, 2.24) is 9.97 Å². The maximum absolute atomic E-state index is 9.09. The maximum Gasteiger partial charge on any atom is 0.111 e. The molecule has 0 spiro atoms.